The van der Waals surface area contributed by atoms with E-state index in [1.165, 1.54) is 24.5 Å². The Bertz CT molecular complexity index is 1160. The molecule has 2 aromatic heterocycles. The van der Waals surface area contributed by atoms with Crippen molar-refractivity contribution >= 4 is 39.0 Å². The zero-order valence-corrected chi connectivity index (χ0v) is 18.1. The molecular formula is C21H21ClN4O4S. The molecule has 1 fully saturated rings. The molecular weight excluding hydrogens is 440 g/mol. The van der Waals surface area contributed by atoms with Gasteiger partial charge in [-0.3, -0.25) is 4.79 Å². The molecule has 0 atom stereocenters. The maximum absolute atomic E-state index is 12.7. The molecule has 4 rings (SSSR count). The first-order chi connectivity index (χ1) is 14.9. The maximum atomic E-state index is 12.7. The van der Waals surface area contributed by atoms with Gasteiger partial charge >= 0.3 is 0 Å². The van der Waals surface area contributed by atoms with Gasteiger partial charge in [-0.25, -0.2) is 18.1 Å². The van der Waals surface area contributed by atoms with Gasteiger partial charge in [-0.1, -0.05) is 11.6 Å². The Morgan fingerprint density at radius 1 is 1.16 bits per heavy atom. The Morgan fingerprint density at radius 2 is 1.97 bits per heavy atom. The van der Waals surface area contributed by atoms with E-state index in [1.54, 1.807) is 24.4 Å². The van der Waals surface area contributed by atoms with E-state index in [9.17, 15) is 13.2 Å². The molecule has 10 heteroatoms. The van der Waals surface area contributed by atoms with Crippen molar-refractivity contribution in [2.75, 3.05) is 23.3 Å². The molecule has 1 aliphatic heterocycles. The standard InChI is InChI=1S/C21H21ClN4O4S/c22-18-7-5-15(12-19(18)31(28,29)24-14-17-4-3-11-30-17)21(27)25-16-6-8-20(23-13-16)26-9-1-2-10-26/h3-8,11-13,24H,1-2,9-10,14H2,(H,25,27). The van der Waals surface area contributed by atoms with E-state index in [-0.39, 0.29) is 22.0 Å². The predicted octanol–water partition coefficient (Wildman–Crippen LogP) is 3.66. The summed E-state index contributed by atoms with van der Waals surface area (Å²) in [6.45, 7) is 1.93. The molecule has 3 heterocycles. The first kappa shape index (κ1) is 21.4. The number of pyridine rings is 1. The number of sulfonamides is 1. The lowest BCUT2D eigenvalue weighted by Crippen LogP contribution is -2.24. The number of carbonyl (C=O) groups is 1. The zero-order valence-electron chi connectivity index (χ0n) is 16.5. The van der Waals surface area contributed by atoms with E-state index in [0.29, 0.717) is 11.4 Å². The SMILES string of the molecule is O=C(Nc1ccc(N2CCCC2)nc1)c1ccc(Cl)c(S(=O)(=O)NCc2ccco2)c1. The van der Waals surface area contributed by atoms with E-state index < -0.39 is 15.9 Å². The second-order valence-electron chi connectivity index (χ2n) is 7.10. The fourth-order valence-corrected chi connectivity index (χ4v) is 4.82. The molecule has 0 unspecified atom stereocenters. The van der Waals surface area contributed by atoms with Crippen molar-refractivity contribution in [2.24, 2.45) is 0 Å². The van der Waals surface area contributed by atoms with Crippen LogP contribution in [0, 0.1) is 0 Å². The molecule has 31 heavy (non-hydrogen) atoms. The van der Waals surface area contributed by atoms with Gasteiger partial charge in [0.25, 0.3) is 5.91 Å². The van der Waals surface area contributed by atoms with Crippen LogP contribution in [0.3, 0.4) is 0 Å². The Balaban J connectivity index is 1.47. The highest BCUT2D eigenvalue weighted by atomic mass is 35.5. The van der Waals surface area contributed by atoms with E-state index >= 15 is 0 Å². The number of aromatic nitrogens is 1. The third-order valence-electron chi connectivity index (χ3n) is 4.94. The molecule has 0 spiro atoms. The van der Waals surface area contributed by atoms with E-state index in [1.807, 2.05) is 6.07 Å². The molecule has 1 aromatic carbocycles. The second kappa shape index (κ2) is 9.09. The minimum atomic E-state index is -3.95. The number of furan rings is 1. The van der Waals surface area contributed by atoms with Gasteiger partial charge in [-0.2, -0.15) is 0 Å². The van der Waals surface area contributed by atoms with Crippen LogP contribution in [0.2, 0.25) is 5.02 Å². The summed E-state index contributed by atoms with van der Waals surface area (Å²) in [6, 6.07) is 11.0. The number of rotatable bonds is 7. The molecule has 3 aromatic rings. The summed E-state index contributed by atoms with van der Waals surface area (Å²) in [4.78, 5) is 19.1. The summed E-state index contributed by atoms with van der Waals surface area (Å²) in [5, 5.41) is 2.75. The van der Waals surface area contributed by atoms with Crippen LogP contribution < -0.4 is 14.9 Å². The number of carbonyl (C=O) groups excluding carboxylic acids is 1. The van der Waals surface area contributed by atoms with Crippen LogP contribution in [-0.2, 0) is 16.6 Å². The third-order valence-corrected chi connectivity index (χ3v) is 6.82. The highest BCUT2D eigenvalue weighted by molar-refractivity contribution is 7.89. The summed E-state index contributed by atoms with van der Waals surface area (Å²) in [7, 11) is -3.95. The van der Waals surface area contributed by atoms with Gasteiger partial charge in [-0.15, -0.1) is 0 Å². The van der Waals surface area contributed by atoms with Crippen molar-refractivity contribution < 1.29 is 17.6 Å². The van der Waals surface area contributed by atoms with E-state index in [4.69, 9.17) is 16.0 Å². The topological polar surface area (TPSA) is 105 Å². The van der Waals surface area contributed by atoms with Crippen LogP contribution in [0.15, 0.2) is 64.2 Å². The third kappa shape index (κ3) is 5.07. The van der Waals surface area contributed by atoms with Gasteiger partial charge < -0.3 is 14.6 Å². The molecule has 162 valence electrons. The fourth-order valence-electron chi connectivity index (χ4n) is 3.30. The first-order valence-electron chi connectivity index (χ1n) is 9.76. The Labute approximate surface area is 185 Å². The van der Waals surface area contributed by atoms with Gasteiger partial charge in [0.05, 0.1) is 29.7 Å². The molecule has 0 saturated carbocycles. The van der Waals surface area contributed by atoms with Gasteiger partial charge in [-0.05, 0) is 55.3 Å². The summed E-state index contributed by atoms with van der Waals surface area (Å²) >= 11 is 6.10. The van der Waals surface area contributed by atoms with Crippen LogP contribution >= 0.6 is 11.6 Å². The van der Waals surface area contributed by atoms with Gasteiger partial charge in [0.2, 0.25) is 10.0 Å². The molecule has 1 amide bonds. The van der Waals surface area contributed by atoms with Crippen LogP contribution in [0.1, 0.15) is 29.0 Å². The monoisotopic (exact) mass is 460 g/mol. The Kier molecular flexibility index (Phi) is 6.26. The van der Waals surface area contributed by atoms with Crippen molar-refractivity contribution in [3.8, 4) is 0 Å². The smallest absolute Gasteiger partial charge is 0.255 e. The van der Waals surface area contributed by atoms with Crippen molar-refractivity contribution in [3.05, 3.63) is 71.3 Å². The van der Waals surface area contributed by atoms with Crippen LogP contribution in [0.5, 0.6) is 0 Å². The van der Waals surface area contributed by atoms with Crippen molar-refractivity contribution in [1.29, 1.82) is 0 Å². The lowest BCUT2D eigenvalue weighted by molar-refractivity contribution is 0.102. The van der Waals surface area contributed by atoms with Crippen LogP contribution in [0.4, 0.5) is 11.5 Å². The van der Waals surface area contributed by atoms with E-state index in [0.717, 1.165) is 31.7 Å². The highest BCUT2D eigenvalue weighted by Gasteiger charge is 2.21. The lowest BCUT2D eigenvalue weighted by atomic mass is 10.2. The lowest BCUT2D eigenvalue weighted by Gasteiger charge is -2.16. The van der Waals surface area contributed by atoms with Crippen LogP contribution in [-0.4, -0.2) is 32.4 Å². The quantitative estimate of drug-likeness (QED) is 0.557. The zero-order chi connectivity index (χ0) is 21.8. The maximum Gasteiger partial charge on any atom is 0.255 e. The predicted molar refractivity (Wildman–Crippen MR) is 118 cm³/mol. The first-order valence-corrected chi connectivity index (χ1v) is 11.6. The number of anilines is 2. The molecule has 1 saturated heterocycles. The summed E-state index contributed by atoms with van der Waals surface area (Å²) in [6.07, 6.45) is 5.34. The minimum absolute atomic E-state index is 0.0140. The summed E-state index contributed by atoms with van der Waals surface area (Å²) < 4.78 is 32.9. The number of nitrogens with zero attached hydrogens (tertiary/aromatic N) is 2. The largest absolute Gasteiger partial charge is 0.468 e. The van der Waals surface area contributed by atoms with E-state index in [2.05, 4.69) is 19.9 Å². The molecule has 1 aliphatic rings. The molecule has 0 aliphatic carbocycles. The number of amides is 1. The Morgan fingerprint density at radius 3 is 2.65 bits per heavy atom. The average Bonchev–Trinajstić information content (AvgIpc) is 3.47. The van der Waals surface area contributed by atoms with Crippen molar-refractivity contribution in [1.82, 2.24) is 9.71 Å². The van der Waals surface area contributed by atoms with Gasteiger partial charge in [0.15, 0.2) is 0 Å². The average molecular weight is 461 g/mol. The van der Waals surface area contributed by atoms with Gasteiger partial charge in [0.1, 0.15) is 16.5 Å². The fraction of sp³-hybridized carbons (Fsp3) is 0.238. The molecule has 0 bridgehead atoms. The number of hydrogen-bond acceptors (Lipinski definition) is 6. The summed E-state index contributed by atoms with van der Waals surface area (Å²) in [5.74, 6) is 0.867. The number of halogens is 1. The van der Waals surface area contributed by atoms with Gasteiger partial charge in [0, 0.05) is 18.7 Å². The molecule has 2 N–H and O–H groups in total. The number of nitrogens with one attached hydrogen (secondary N) is 2. The Hall–Kier alpha value is -2.88. The normalized spacial score (nSPS) is 14.0. The summed E-state index contributed by atoms with van der Waals surface area (Å²) in [5.41, 5.74) is 0.676. The minimum Gasteiger partial charge on any atom is -0.468 e. The highest BCUT2D eigenvalue weighted by Crippen LogP contribution is 2.24. The molecule has 8 nitrogen and oxygen atoms in total. The van der Waals surface area contributed by atoms with Crippen molar-refractivity contribution in [3.63, 3.8) is 0 Å². The van der Waals surface area contributed by atoms with Crippen molar-refractivity contribution in [2.45, 2.75) is 24.3 Å². The molecule has 0 radical (unpaired) electrons. The number of benzene rings is 1. The van der Waals surface area contributed by atoms with Crippen LogP contribution in [0.25, 0.3) is 0 Å². The number of hydrogen-bond donors (Lipinski definition) is 2. The second-order valence-corrected chi connectivity index (χ2v) is 9.25.